The molecule has 5 aromatic rings. The number of carbonyl (C=O) groups excluding carboxylic acids is 2. The van der Waals surface area contributed by atoms with Crippen molar-refractivity contribution in [1.29, 1.82) is 0 Å². The van der Waals surface area contributed by atoms with Crippen molar-refractivity contribution in [1.82, 2.24) is 20.6 Å². The van der Waals surface area contributed by atoms with Gasteiger partial charge in [0.2, 0.25) is 5.91 Å². The van der Waals surface area contributed by atoms with Crippen LogP contribution in [0.4, 0.5) is 4.39 Å². The Morgan fingerprint density at radius 2 is 1.46 bits per heavy atom. The summed E-state index contributed by atoms with van der Waals surface area (Å²) in [6.07, 6.45) is 3.42. The molecule has 3 N–H and O–H groups in total. The number of amides is 2. The zero-order chi connectivity index (χ0) is 34.6. The Morgan fingerprint density at radius 3 is 2.04 bits per heavy atom. The SMILES string of the molecule is Cc1ccc(-c2ccc(-c3cnc(-c4ccc(C[C@H](NC(=O)c5ccc(C(C)(C)C)s5)C(=O)N[C@H](C)C(=O)O)cc4)nc3)cc2F)cc1. The Morgan fingerprint density at radius 1 is 0.833 bits per heavy atom. The molecule has 0 saturated heterocycles. The molecular formula is C38H37FN4O4S. The molecule has 0 aliphatic heterocycles. The second kappa shape index (κ2) is 14.3. The molecule has 0 fully saturated rings. The highest BCUT2D eigenvalue weighted by Crippen LogP contribution is 2.30. The molecule has 2 amide bonds. The number of halogens is 1. The third-order valence-corrected chi connectivity index (χ3v) is 9.40. The summed E-state index contributed by atoms with van der Waals surface area (Å²) >= 11 is 1.36. The Hall–Kier alpha value is -5.22. The van der Waals surface area contributed by atoms with Crippen LogP contribution in [-0.4, -0.2) is 44.9 Å². The lowest BCUT2D eigenvalue weighted by atomic mass is 9.95. The number of nitrogens with zero attached hydrogens (tertiary/aromatic N) is 2. The van der Waals surface area contributed by atoms with Crippen molar-refractivity contribution in [2.24, 2.45) is 0 Å². The highest BCUT2D eigenvalue weighted by Gasteiger charge is 2.26. The van der Waals surface area contributed by atoms with E-state index in [-0.39, 0.29) is 17.7 Å². The summed E-state index contributed by atoms with van der Waals surface area (Å²) in [5, 5.41) is 14.6. The minimum Gasteiger partial charge on any atom is -0.480 e. The lowest BCUT2D eigenvalue weighted by Gasteiger charge is -2.20. The van der Waals surface area contributed by atoms with Gasteiger partial charge < -0.3 is 15.7 Å². The van der Waals surface area contributed by atoms with Gasteiger partial charge in [0.25, 0.3) is 5.91 Å². The molecule has 2 aromatic heterocycles. The standard InChI is InChI=1S/C38H37FN4O4S/c1-22-6-10-25(11-7-22)29-15-14-27(19-30(29)39)28-20-40-34(41-21-28)26-12-8-24(9-13-26)18-31(35(44)42-23(2)37(46)47)43-36(45)32-16-17-33(48-32)38(3,4)5/h6-17,19-21,23,31H,18H2,1-5H3,(H,42,44)(H,43,45)(H,46,47)/t23-,31+/m1/s1. The molecule has 5 rings (SSSR count). The third-order valence-electron chi connectivity index (χ3n) is 7.89. The fourth-order valence-electron chi connectivity index (χ4n) is 4.99. The molecule has 0 aliphatic rings. The normalized spacial score (nSPS) is 12.6. The molecule has 3 aromatic carbocycles. The molecule has 0 unspecified atom stereocenters. The molecule has 0 saturated carbocycles. The largest absolute Gasteiger partial charge is 0.480 e. The second-order valence-electron chi connectivity index (χ2n) is 12.8. The number of aromatic nitrogens is 2. The lowest BCUT2D eigenvalue weighted by Crippen LogP contribution is -2.51. The number of aryl methyl sites for hydroxylation is 1. The molecule has 0 spiro atoms. The molecule has 0 radical (unpaired) electrons. The van der Waals surface area contributed by atoms with E-state index in [0.29, 0.717) is 27.4 Å². The number of thiophene rings is 1. The van der Waals surface area contributed by atoms with E-state index in [1.165, 1.54) is 24.3 Å². The van der Waals surface area contributed by atoms with E-state index in [0.717, 1.165) is 27.1 Å². The first-order valence-electron chi connectivity index (χ1n) is 15.5. The summed E-state index contributed by atoms with van der Waals surface area (Å²) in [6.45, 7) is 9.52. The Labute approximate surface area is 283 Å². The van der Waals surface area contributed by atoms with Gasteiger partial charge in [-0.05, 0) is 54.2 Å². The second-order valence-corrected chi connectivity index (χ2v) is 13.8. The smallest absolute Gasteiger partial charge is 0.325 e. The topological polar surface area (TPSA) is 121 Å². The van der Waals surface area contributed by atoms with Gasteiger partial charge in [-0.1, -0.05) is 87.0 Å². The van der Waals surface area contributed by atoms with Crippen LogP contribution in [0.1, 0.15) is 53.4 Å². The van der Waals surface area contributed by atoms with Gasteiger partial charge >= 0.3 is 5.97 Å². The average molecular weight is 665 g/mol. The maximum atomic E-state index is 15.0. The van der Waals surface area contributed by atoms with Crippen molar-refractivity contribution >= 4 is 29.1 Å². The number of hydrogen-bond acceptors (Lipinski definition) is 6. The van der Waals surface area contributed by atoms with Crippen LogP contribution in [-0.2, 0) is 21.4 Å². The van der Waals surface area contributed by atoms with Crippen LogP contribution in [0.5, 0.6) is 0 Å². The predicted molar refractivity (Wildman–Crippen MR) is 186 cm³/mol. The maximum absolute atomic E-state index is 15.0. The molecule has 8 nitrogen and oxygen atoms in total. The molecule has 246 valence electrons. The monoisotopic (exact) mass is 664 g/mol. The lowest BCUT2D eigenvalue weighted by molar-refractivity contribution is -0.141. The van der Waals surface area contributed by atoms with Gasteiger partial charge in [0.1, 0.15) is 17.9 Å². The quantitative estimate of drug-likeness (QED) is 0.145. The number of aliphatic carboxylic acids is 1. The van der Waals surface area contributed by atoms with Gasteiger partial charge in [0.05, 0.1) is 4.88 Å². The first kappa shape index (κ1) is 34.1. The number of rotatable bonds is 10. The number of carboxylic acid groups (broad SMARTS) is 1. The number of carbonyl (C=O) groups is 3. The third kappa shape index (κ3) is 8.19. The zero-order valence-electron chi connectivity index (χ0n) is 27.4. The number of nitrogens with one attached hydrogen (secondary N) is 2. The molecule has 0 aliphatic carbocycles. The molecule has 48 heavy (non-hydrogen) atoms. The van der Waals surface area contributed by atoms with Gasteiger partial charge in [-0.2, -0.15) is 0 Å². The average Bonchev–Trinajstić information content (AvgIpc) is 3.57. The molecule has 10 heteroatoms. The number of benzene rings is 3. The summed E-state index contributed by atoms with van der Waals surface area (Å²) in [7, 11) is 0. The Bertz CT molecular complexity index is 1930. The van der Waals surface area contributed by atoms with E-state index in [1.807, 2.05) is 67.6 Å². The Balaban J connectivity index is 1.29. The van der Waals surface area contributed by atoms with E-state index < -0.39 is 29.9 Å². The minimum atomic E-state index is -1.18. The van der Waals surface area contributed by atoms with Gasteiger partial charge in [-0.25, -0.2) is 14.4 Å². The summed E-state index contributed by atoms with van der Waals surface area (Å²) in [5.41, 5.74) is 5.10. The minimum absolute atomic E-state index is 0.131. The highest BCUT2D eigenvalue weighted by atomic mass is 32.1. The van der Waals surface area contributed by atoms with E-state index >= 15 is 4.39 Å². The first-order chi connectivity index (χ1) is 22.8. The van der Waals surface area contributed by atoms with Crippen molar-refractivity contribution in [3.05, 3.63) is 118 Å². The fraction of sp³-hybridized carbons (Fsp3) is 0.237. The van der Waals surface area contributed by atoms with Gasteiger partial charge in [-0.3, -0.25) is 14.4 Å². The number of carboxylic acids is 1. The van der Waals surface area contributed by atoms with Crippen molar-refractivity contribution in [2.75, 3.05) is 0 Å². The number of hydrogen-bond donors (Lipinski definition) is 3. The molecular weight excluding hydrogens is 628 g/mol. The van der Waals surface area contributed by atoms with Gasteiger partial charge in [0, 0.05) is 40.4 Å². The van der Waals surface area contributed by atoms with Crippen LogP contribution in [0, 0.1) is 12.7 Å². The highest BCUT2D eigenvalue weighted by molar-refractivity contribution is 7.14. The summed E-state index contributed by atoms with van der Waals surface area (Å²) < 4.78 is 15.0. The van der Waals surface area contributed by atoms with E-state index in [9.17, 15) is 19.5 Å². The van der Waals surface area contributed by atoms with Gasteiger partial charge in [-0.15, -0.1) is 11.3 Å². The van der Waals surface area contributed by atoms with Crippen LogP contribution in [0.15, 0.2) is 91.3 Å². The van der Waals surface area contributed by atoms with Crippen molar-refractivity contribution in [2.45, 2.75) is 58.5 Å². The van der Waals surface area contributed by atoms with Crippen LogP contribution in [0.3, 0.4) is 0 Å². The fourth-order valence-corrected chi connectivity index (χ4v) is 5.96. The summed E-state index contributed by atoms with van der Waals surface area (Å²) in [4.78, 5) is 48.2. The molecule has 2 atom stereocenters. The van der Waals surface area contributed by atoms with Crippen LogP contribution in [0.25, 0.3) is 33.6 Å². The zero-order valence-corrected chi connectivity index (χ0v) is 28.2. The van der Waals surface area contributed by atoms with Crippen molar-refractivity contribution < 1.29 is 23.9 Å². The van der Waals surface area contributed by atoms with Crippen molar-refractivity contribution in [3.8, 4) is 33.6 Å². The van der Waals surface area contributed by atoms with Crippen LogP contribution in [0.2, 0.25) is 0 Å². The molecule has 2 heterocycles. The summed E-state index contributed by atoms with van der Waals surface area (Å²) in [6, 6.07) is 21.5. The molecule has 0 bridgehead atoms. The van der Waals surface area contributed by atoms with E-state index in [1.54, 1.807) is 24.5 Å². The predicted octanol–water partition coefficient (Wildman–Crippen LogP) is 7.21. The van der Waals surface area contributed by atoms with E-state index in [4.69, 9.17) is 0 Å². The van der Waals surface area contributed by atoms with Crippen LogP contribution >= 0.6 is 11.3 Å². The maximum Gasteiger partial charge on any atom is 0.325 e. The Kier molecular flexibility index (Phi) is 10.1. The van der Waals surface area contributed by atoms with Gasteiger partial charge in [0.15, 0.2) is 5.82 Å². The van der Waals surface area contributed by atoms with Crippen LogP contribution < -0.4 is 10.6 Å². The summed E-state index contributed by atoms with van der Waals surface area (Å²) in [5.74, 6) is -2.05. The van der Waals surface area contributed by atoms with E-state index in [2.05, 4.69) is 41.4 Å². The first-order valence-corrected chi connectivity index (χ1v) is 16.3. The van der Waals surface area contributed by atoms with Crippen molar-refractivity contribution in [3.63, 3.8) is 0 Å².